The molecule has 0 unspecified atom stereocenters. The Kier molecular flexibility index (Phi) is 6.33. The third-order valence-electron chi connectivity index (χ3n) is 3.26. The number of nitrogens with zero attached hydrogens (tertiary/aromatic N) is 2. The maximum atomic E-state index is 12.2. The molecule has 9 nitrogen and oxygen atoms in total. The molecule has 0 fully saturated rings. The molecule has 2 aromatic rings. The van der Waals surface area contributed by atoms with Gasteiger partial charge in [-0.25, -0.2) is 5.43 Å². The lowest BCUT2D eigenvalue weighted by Gasteiger charge is -2.07. The Balaban J connectivity index is 2.18. The predicted molar refractivity (Wildman–Crippen MR) is 102 cm³/mol. The van der Waals surface area contributed by atoms with E-state index in [1.165, 1.54) is 38.6 Å². The van der Waals surface area contributed by atoms with Crippen LogP contribution in [-0.4, -0.2) is 36.4 Å². The summed E-state index contributed by atoms with van der Waals surface area (Å²) in [5.74, 6) is -0.0360. The number of phenols is 1. The number of hydrogen-bond donors (Lipinski definition) is 2. The lowest BCUT2D eigenvalue weighted by molar-refractivity contribution is -0.386. The zero-order valence-corrected chi connectivity index (χ0v) is 15.9. The minimum atomic E-state index is -0.698. The minimum absolute atomic E-state index is 0.268. The molecule has 26 heavy (non-hydrogen) atoms. The van der Waals surface area contributed by atoms with Crippen molar-refractivity contribution in [1.82, 2.24) is 5.43 Å². The Morgan fingerprint density at radius 2 is 1.85 bits per heavy atom. The van der Waals surface area contributed by atoms with Crippen LogP contribution in [-0.2, 0) is 0 Å². The van der Waals surface area contributed by atoms with E-state index in [2.05, 4.69) is 10.5 Å². The van der Waals surface area contributed by atoms with Crippen molar-refractivity contribution in [2.24, 2.45) is 5.10 Å². The monoisotopic (exact) mass is 471 g/mol. The van der Waals surface area contributed by atoms with Gasteiger partial charge in [-0.1, -0.05) is 0 Å². The smallest absolute Gasteiger partial charge is 0.312 e. The number of hydrogen-bond acceptors (Lipinski definition) is 7. The first kappa shape index (κ1) is 19.4. The highest BCUT2D eigenvalue weighted by Crippen LogP contribution is 2.31. The van der Waals surface area contributed by atoms with Crippen molar-refractivity contribution in [2.45, 2.75) is 0 Å². The second-order valence-electron chi connectivity index (χ2n) is 4.93. The van der Waals surface area contributed by atoms with Crippen LogP contribution >= 0.6 is 22.6 Å². The third-order valence-corrected chi connectivity index (χ3v) is 4.08. The van der Waals surface area contributed by atoms with Crippen LogP contribution < -0.4 is 14.9 Å². The quantitative estimate of drug-likeness (QED) is 0.289. The highest BCUT2D eigenvalue weighted by Gasteiger charge is 2.17. The molecular weight excluding hydrogens is 457 g/mol. The first-order valence-electron chi connectivity index (χ1n) is 7.09. The van der Waals surface area contributed by atoms with Crippen LogP contribution in [0.25, 0.3) is 0 Å². The van der Waals surface area contributed by atoms with Gasteiger partial charge < -0.3 is 14.6 Å². The van der Waals surface area contributed by atoms with Crippen LogP contribution in [0, 0.1) is 13.7 Å². The van der Waals surface area contributed by atoms with E-state index in [1.807, 2.05) is 0 Å². The highest BCUT2D eigenvalue weighted by molar-refractivity contribution is 14.1. The Bertz CT molecular complexity index is 862. The van der Waals surface area contributed by atoms with Crippen LogP contribution in [0.2, 0.25) is 0 Å². The summed E-state index contributed by atoms with van der Waals surface area (Å²) in [6, 6.07) is 7.30. The molecule has 0 heterocycles. The van der Waals surface area contributed by atoms with E-state index in [9.17, 15) is 20.0 Å². The highest BCUT2D eigenvalue weighted by atomic mass is 127. The van der Waals surface area contributed by atoms with Crippen LogP contribution in [0.1, 0.15) is 15.9 Å². The van der Waals surface area contributed by atoms with Gasteiger partial charge in [-0.3, -0.25) is 14.9 Å². The Morgan fingerprint density at radius 3 is 2.38 bits per heavy atom. The number of nitro groups is 1. The molecule has 0 aromatic heterocycles. The lowest BCUT2D eigenvalue weighted by Crippen LogP contribution is -2.17. The standard InChI is InChI=1S/C16H14IN3O6/c1-25-11-5-10(6-12(7-11)26-2)16(22)19-18-8-9-3-13(17)15(21)14(4-9)20(23)24/h3-8,21H,1-2H3,(H,19,22). The Labute approximate surface area is 161 Å². The van der Waals surface area contributed by atoms with E-state index in [4.69, 9.17) is 9.47 Å². The summed E-state index contributed by atoms with van der Waals surface area (Å²) in [7, 11) is 2.93. The summed E-state index contributed by atoms with van der Waals surface area (Å²) in [6.07, 6.45) is 1.24. The van der Waals surface area contributed by atoms with Crippen LogP contribution in [0.3, 0.4) is 0 Å². The van der Waals surface area contributed by atoms with Gasteiger partial charge in [0, 0.05) is 23.3 Å². The second-order valence-corrected chi connectivity index (χ2v) is 6.09. The molecule has 10 heteroatoms. The molecule has 1 amide bonds. The molecule has 0 aliphatic heterocycles. The number of ether oxygens (including phenoxy) is 2. The van der Waals surface area contributed by atoms with Gasteiger partial charge in [0.25, 0.3) is 5.91 Å². The number of carbonyl (C=O) groups excluding carboxylic acids is 1. The van der Waals surface area contributed by atoms with Gasteiger partial charge >= 0.3 is 5.69 Å². The number of nitrogens with one attached hydrogen (secondary N) is 1. The molecule has 2 N–H and O–H groups in total. The largest absolute Gasteiger partial charge is 0.501 e. The summed E-state index contributed by atoms with van der Waals surface area (Å²) in [6.45, 7) is 0. The van der Waals surface area contributed by atoms with Crippen LogP contribution in [0.15, 0.2) is 35.4 Å². The molecule has 0 saturated carbocycles. The van der Waals surface area contributed by atoms with Gasteiger partial charge in [0.05, 0.1) is 28.9 Å². The molecule has 2 rings (SSSR count). The van der Waals surface area contributed by atoms with E-state index in [0.717, 1.165) is 6.07 Å². The normalized spacial score (nSPS) is 10.6. The van der Waals surface area contributed by atoms with Gasteiger partial charge in [0.1, 0.15) is 11.5 Å². The van der Waals surface area contributed by atoms with Crippen molar-refractivity contribution in [3.63, 3.8) is 0 Å². The summed E-state index contributed by atoms with van der Waals surface area (Å²) >= 11 is 1.77. The number of amides is 1. The number of methoxy groups -OCH3 is 2. The summed E-state index contributed by atoms with van der Waals surface area (Å²) < 4.78 is 10.5. The maximum absolute atomic E-state index is 12.2. The summed E-state index contributed by atoms with van der Waals surface area (Å²) in [4.78, 5) is 22.4. The van der Waals surface area contributed by atoms with Gasteiger partial charge in [-0.15, -0.1) is 0 Å². The van der Waals surface area contributed by atoms with Gasteiger partial charge in [0.15, 0.2) is 0 Å². The lowest BCUT2D eigenvalue weighted by atomic mass is 10.2. The molecule has 0 radical (unpaired) electrons. The molecule has 0 atom stereocenters. The molecule has 0 spiro atoms. The number of phenolic OH excluding ortho intramolecular Hbond substituents is 1. The van der Waals surface area contributed by atoms with Gasteiger partial charge in [0.2, 0.25) is 5.75 Å². The molecule has 0 aliphatic rings. The van der Waals surface area contributed by atoms with Crippen LogP contribution in [0.5, 0.6) is 17.2 Å². The minimum Gasteiger partial charge on any atom is -0.501 e. The average molecular weight is 471 g/mol. The number of nitro benzene ring substituents is 1. The number of carbonyl (C=O) groups is 1. The number of aromatic hydroxyl groups is 1. The number of hydrazone groups is 1. The molecule has 2 aromatic carbocycles. The topological polar surface area (TPSA) is 123 Å². The average Bonchev–Trinajstić information content (AvgIpc) is 2.63. The first-order chi connectivity index (χ1) is 12.3. The first-order valence-corrected chi connectivity index (χ1v) is 8.17. The predicted octanol–water partition coefficient (Wildman–Crippen LogP) is 2.69. The van der Waals surface area contributed by atoms with Crippen LogP contribution in [0.4, 0.5) is 5.69 Å². The fourth-order valence-corrected chi connectivity index (χ4v) is 2.62. The summed E-state index contributed by atoms with van der Waals surface area (Å²) in [5, 5.41) is 24.4. The number of benzene rings is 2. The van der Waals surface area contributed by atoms with Gasteiger partial charge in [-0.05, 0) is 40.8 Å². The van der Waals surface area contributed by atoms with E-state index < -0.39 is 22.3 Å². The van der Waals surface area contributed by atoms with Gasteiger partial charge in [-0.2, -0.15) is 5.10 Å². The molecule has 0 bridgehead atoms. The Hall–Kier alpha value is -2.89. The molecular formula is C16H14IN3O6. The van der Waals surface area contributed by atoms with E-state index in [1.54, 1.807) is 28.7 Å². The fraction of sp³-hybridized carbons (Fsp3) is 0.125. The zero-order chi connectivity index (χ0) is 19.3. The number of rotatable bonds is 6. The van der Waals surface area contributed by atoms with E-state index in [-0.39, 0.29) is 5.56 Å². The molecule has 0 saturated heterocycles. The molecule has 136 valence electrons. The fourth-order valence-electron chi connectivity index (χ4n) is 1.99. The number of halogens is 1. The van der Waals surface area contributed by atoms with Crippen molar-refractivity contribution in [3.8, 4) is 17.2 Å². The van der Waals surface area contributed by atoms with Crippen molar-refractivity contribution >= 4 is 40.4 Å². The summed E-state index contributed by atoms with van der Waals surface area (Å²) in [5.41, 5.74) is 2.49. The van der Waals surface area contributed by atoms with Crippen molar-refractivity contribution in [1.29, 1.82) is 0 Å². The zero-order valence-electron chi connectivity index (χ0n) is 13.7. The molecule has 0 aliphatic carbocycles. The van der Waals surface area contributed by atoms with Crippen molar-refractivity contribution < 1.29 is 24.3 Å². The van der Waals surface area contributed by atoms with Crippen molar-refractivity contribution in [3.05, 3.63) is 55.1 Å². The van der Waals surface area contributed by atoms with E-state index in [0.29, 0.717) is 20.6 Å². The van der Waals surface area contributed by atoms with Crippen molar-refractivity contribution in [2.75, 3.05) is 14.2 Å². The third kappa shape index (κ3) is 4.59. The second kappa shape index (κ2) is 8.47. The Morgan fingerprint density at radius 1 is 1.23 bits per heavy atom. The maximum Gasteiger partial charge on any atom is 0.312 e. The van der Waals surface area contributed by atoms with E-state index >= 15 is 0 Å². The SMILES string of the molecule is COc1cc(OC)cc(C(=O)NN=Cc2cc(I)c(O)c([N+](=O)[O-])c2)c1.